The minimum Gasteiger partial charge on any atom is -0.329 e. The van der Waals surface area contributed by atoms with Crippen LogP contribution in [0.4, 0.5) is 10.9 Å². The van der Waals surface area contributed by atoms with E-state index in [-0.39, 0.29) is 11.9 Å². The van der Waals surface area contributed by atoms with E-state index in [0.717, 1.165) is 41.3 Å². The number of nitrogens with zero attached hydrogens (tertiary/aromatic N) is 4. The standard InChI is InChI=1S/C24H27N5OS/c1-16-15-21(28-24-26-17(2)18(3)31-24)27-23(25-16)20-11-7-8-14-29(20)22(30)13-12-19-9-5-4-6-10-19/h4-6,9-10,12-13,15,20H,7-8,11,14H2,1-3H3,(H,25,26,27,28)/b13-12+/t20-/m0/s1. The summed E-state index contributed by atoms with van der Waals surface area (Å²) in [5.41, 5.74) is 2.90. The van der Waals surface area contributed by atoms with Crippen molar-refractivity contribution >= 4 is 34.3 Å². The van der Waals surface area contributed by atoms with E-state index >= 15 is 0 Å². The molecule has 31 heavy (non-hydrogen) atoms. The topological polar surface area (TPSA) is 71.0 Å². The number of aromatic nitrogens is 3. The molecular weight excluding hydrogens is 406 g/mol. The molecule has 7 heteroatoms. The van der Waals surface area contributed by atoms with Crippen LogP contribution in [-0.2, 0) is 4.79 Å². The first-order chi connectivity index (χ1) is 15.0. The zero-order valence-electron chi connectivity index (χ0n) is 18.1. The lowest BCUT2D eigenvalue weighted by Gasteiger charge is -2.34. The second-order valence-electron chi connectivity index (χ2n) is 7.83. The molecule has 3 aromatic rings. The summed E-state index contributed by atoms with van der Waals surface area (Å²) in [5.74, 6) is 1.40. The average Bonchev–Trinajstić information content (AvgIpc) is 3.09. The van der Waals surface area contributed by atoms with Crippen molar-refractivity contribution < 1.29 is 4.79 Å². The van der Waals surface area contributed by atoms with Crippen LogP contribution in [0.15, 0.2) is 42.5 Å². The fourth-order valence-electron chi connectivity index (χ4n) is 3.73. The molecule has 1 saturated heterocycles. The highest BCUT2D eigenvalue weighted by Crippen LogP contribution is 2.31. The molecule has 0 radical (unpaired) electrons. The van der Waals surface area contributed by atoms with Crippen molar-refractivity contribution in [3.63, 3.8) is 0 Å². The Morgan fingerprint density at radius 2 is 1.94 bits per heavy atom. The zero-order chi connectivity index (χ0) is 21.8. The van der Waals surface area contributed by atoms with E-state index in [1.54, 1.807) is 17.4 Å². The fourth-order valence-corrected chi connectivity index (χ4v) is 4.55. The number of likely N-dealkylation sites (tertiary alicyclic amines) is 1. The van der Waals surface area contributed by atoms with Gasteiger partial charge in [-0.2, -0.15) is 0 Å². The number of amides is 1. The number of rotatable bonds is 5. The van der Waals surface area contributed by atoms with Crippen LogP contribution in [0.1, 0.15) is 53.0 Å². The predicted octanol–water partition coefficient (Wildman–Crippen LogP) is 5.37. The molecule has 6 nitrogen and oxygen atoms in total. The van der Waals surface area contributed by atoms with E-state index < -0.39 is 0 Å². The summed E-state index contributed by atoms with van der Waals surface area (Å²) in [6, 6.07) is 11.7. The Morgan fingerprint density at radius 3 is 2.68 bits per heavy atom. The van der Waals surface area contributed by atoms with E-state index in [1.165, 1.54) is 4.88 Å². The lowest BCUT2D eigenvalue weighted by molar-refractivity contribution is -0.129. The van der Waals surface area contributed by atoms with Crippen LogP contribution in [0, 0.1) is 20.8 Å². The third kappa shape index (κ3) is 5.17. The monoisotopic (exact) mass is 433 g/mol. The zero-order valence-corrected chi connectivity index (χ0v) is 18.9. The van der Waals surface area contributed by atoms with Gasteiger partial charge in [0.05, 0.1) is 11.7 Å². The molecule has 1 aliphatic rings. The Kier molecular flexibility index (Phi) is 6.42. The first-order valence-electron chi connectivity index (χ1n) is 10.6. The summed E-state index contributed by atoms with van der Waals surface area (Å²) in [6.45, 7) is 6.73. The Hall–Kier alpha value is -3.06. The smallest absolute Gasteiger partial charge is 0.247 e. The molecule has 1 atom stereocenters. The molecule has 1 aliphatic heterocycles. The minimum absolute atomic E-state index is 0.000610. The number of carbonyl (C=O) groups excluding carboxylic acids is 1. The average molecular weight is 434 g/mol. The van der Waals surface area contributed by atoms with Crippen molar-refractivity contribution in [2.24, 2.45) is 0 Å². The number of nitrogens with one attached hydrogen (secondary N) is 1. The lowest BCUT2D eigenvalue weighted by atomic mass is 10.0. The predicted molar refractivity (Wildman–Crippen MR) is 125 cm³/mol. The first-order valence-corrected chi connectivity index (χ1v) is 11.4. The highest BCUT2D eigenvalue weighted by Gasteiger charge is 2.29. The summed E-state index contributed by atoms with van der Waals surface area (Å²) in [6.07, 6.45) is 6.44. The highest BCUT2D eigenvalue weighted by atomic mass is 32.1. The molecule has 0 saturated carbocycles. The van der Waals surface area contributed by atoms with E-state index in [4.69, 9.17) is 4.98 Å². The molecule has 3 heterocycles. The molecule has 1 N–H and O–H groups in total. The van der Waals surface area contributed by atoms with Gasteiger partial charge in [-0.05, 0) is 51.7 Å². The van der Waals surface area contributed by atoms with Gasteiger partial charge in [-0.1, -0.05) is 30.3 Å². The van der Waals surface area contributed by atoms with Gasteiger partial charge < -0.3 is 10.2 Å². The Morgan fingerprint density at radius 1 is 1.13 bits per heavy atom. The van der Waals surface area contributed by atoms with Crippen molar-refractivity contribution in [3.8, 4) is 0 Å². The van der Waals surface area contributed by atoms with E-state index in [9.17, 15) is 4.79 Å². The normalized spacial score (nSPS) is 16.6. The second kappa shape index (κ2) is 9.39. The molecule has 2 aromatic heterocycles. The van der Waals surface area contributed by atoms with E-state index in [1.807, 2.05) is 61.2 Å². The second-order valence-corrected chi connectivity index (χ2v) is 9.03. The number of aryl methyl sites for hydroxylation is 3. The number of benzene rings is 1. The molecular formula is C24H27N5OS. The summed E-state index contributed by atoms with van der Waals surface area (Å²) in [7, 11) is 0. The Labute approximate surface area is 187 Å². The third-order valence-corrected chi connectivity index (χ3v) is 6.43. The van der Waals surface area contributed by atoms with Crippen LogP contribution in [0.3, 0.4) is 0 Å². The van der Waals surface area contributed by atoms with Crippen LogP contribution >= 0.6 is 11.3 Å². The maximum absolute atomic E-state index is 13.0. The number of hydrogen-bond acceptors (Lipinski definition) is 6. The molecule has 0 aliphatic carbocycles. The van der Waals surface area contributed by atoms with Gasteiger partial charge in [0.2, 0.25) is 5.91 Å². The van der Waals surface area contributed by atoms with Crippen molar-refractivity contribution in [2.75, 3.05) is 11.9 Å². The van der Waals surface area contributed by atoms with Gasteiger partial charge in [-0.15, -0.1) is 11.3 Å². The number of anilines is 2. The fraction of sp³-hybridized carbons (Fsp3) is 0.333. The summed E-state index contributed by atoms with van der Waals surface area (Å²) in [5, 5.41) is 4.14. The molecule has 4 rings (SSSR count). The Bertz CT molecular complexity index is 1070. The van der Waals surface area contributed by atoms with Crippen LogP contribution in [0.2, 0.25) is 0 Å². The van der Waals surface area contributed by atoms with Gasteiger partial charge in [-0.3, -0.25) is 4.79 Å². The van der Waals surface area contributed by atoms with Gasteiger partial charge >= 0.3 is 0 Å². The van der Waals surface area contributed by atoms with E-state index in [0.29, 0.717) is 18.2 Å². The van der Waals surface area contributed by atoms with E-state index in [2.05, 4.69) is 22.2 Å². The maximum atomic E-state index is 13.0. The molecule has 0 unspecified atom stereocenters. The highest BCUT2D eigenvalue weighted by molar-refractivity contribution is 7.15. The SMILES string of the molecule is Cc1cc(Nc2nc(C)c(C)s2)nc([C@@H]2CCCCN2C(=O)/C=C/c2ccccc2)n1. The van der Waals surface area contributed by atoms with Gasteiger partial charge in [-0.25, -0.2) is 15.0 Å². The summed E-state index contributed by atoms with van der Waals surface area (Å²) >= 11 is 1.61. The number of carbonyl (C=O) groups is 1. The third-order valence-electron chi connectivity index (χ3n) is 5.44. The van der Waals surface area contributed by atoms with Gasteiger partial charge in [0.15, 0.2) is 11.0 Å². The van der Waals surface area contributed by atoms with Crippen LogP contribution in [0.5, 0.6) is 0 Å². The van der Waals surface area contributed by atoms with Crippen LogP contribution in [-0.4, -0.2) is 32.3 Å². The molecule has 0 bridgehead atoms. The van der Waals surface area contributed by atoms with Crippen LogP contribution in [0.25, 0.3) is 6.08 Å². The molecule has 160 valence electrons. The quantitative estimate of drug-likeness (QED) is 0.548. The number of hydrogen-bond donors (Lipinski definition) is 1. The lowest BCUT2D eigenvalue weighted by Crippen LogP contribution is -2.38. The van der Waals surface area contributed by atoms with Gasteiger partial charge in [0, 0.05) is 29.3 Å². The molecule has 1 aromatic carbocycles. The van der Waals surface area contributed by atoms with Crippen molar-refractivity contribution in [1.82, 2.24) is 19.9 Å². The van der Waals surface area contributed by atoms with Crippen LogP contribution < -0.4 is 5.32 Å². The van der Waals surface area contributed by atoms with Crippen molar-refractivity contribution in [2.45, 2.75) is 46.1 Å². The molecule has 1 fully saturated rings. The summed E-state index contributed by atoms with van der Waals surface area (Å²) < 4.78 is 0. The van der Waals surface area contributed by atoms with Crippen molar-refractivity contribution in [3.05, 3.63) is 70.1 Å². The van der Waals surface area contributed by atoms with Crippen molar-refractivity contribution in [1.29, 1.82) is 0 Å². The molecule has 0 spiro atoms. The maximum Gasteiger partial charge on any atom is 0.247 e. The van der Waals surface area contributed by atoms with Gasteiger partial charge in [0.25, 0.3) is 0 Å². The molecule has 1 amide bonds. The summed E-state index contributed by atoms with van der Waals surface area (Å²) in [4.78, 5) is 30.1. The number of piperidine rings is 1. The number of thiazole rings is 1. The first kappa shape index (κ1) is 21.2. The van der Waals surface area contributed by atoms with Gasteiger partial charge in [0.1, 0.15) is 5.82 Å². The Balaban J connectivity index is 1.56. The largest absolute Gasteiger partial charge is 0.329 e. The minimum atomic E-state index is -0.123.